The molecule has 2 aliphatic rings. The van der Waals surface area contributed by atoms with Gasteiger partial charge in [0, 0.05) is 13.1 Å². The molecule has 2 amide bonds. The van der Waals surface area contributed by atoms with Gasteiger partial charge in [0.05, 0.1) is 24.5 Å². The van der Waals surface area contributed by atoms with Crippen LogP contribution >= 0.6 is 0 Å². The Hall–Kier alpha value is -3.28. The minimum absolute atomic E-state index is 0.0550. The molecule has 0 saturated carbocycles. The van der Waals surface area contributed by atoms with E-state index < -0.39 is 0 Å². The number of amides is 2. The van der Waals surface area contributed by atoms with Gasteiger partial charge in [0.15, 0.2) is 0 Å². The Morgan fingerprint density at radius 1 is 1.03 bits per heavy atom. The zero-order chi connectivity index (χ0) is 23.7. The first-order valence-corrected chi connectivity index (χ1v) is 11.6. The number of methoxy groups -OCH3 is 1. The molecule has 0 bridgehead atoms. The lowest BCUT2D eigenvalue weighted by atomic mass is 9.97. The van der Waals surface area contributed by atoms with Crippen LogP contribution in [0.1, 0.15) is 44.7 Å². The van der Waals surface area contributed by atoms with Crippen molar-refractivity contribution in [1.82, 2.24) is 4.90 Å². The number of piperidine rings is 1. The molecule has 1 fully saturated rings. The van der Waals surface area contributed by atoms with Crippen molar-refractivity contribution in [2.45, 2.75) is 46.6 Å². The summed E-state index contributed by atoms with van der Waals surface area (Å²) in [6.45, 7) is 9.58. The molecule has 2 heterocycles. The standard InChI is InChI=1S/C27H32N2O4/c1-17(2)33-21-11-9-20(10-12-21)24-25(28-14-6-7-19(4)16-28)27(31)29(26(24)30)22-15-18(3)8-13-23(22)32-5/h8-13,15,17,19H,6-7,14,16H2,1-5H3. The second-order valence-corrected chi connectivity index (χ2v) is 9.23. The van der Waals surface area contributed by atoms with Crippen molar-refractivity contribution in [3.63, 3.8) is 0 Å². The van der Waals surface area contributed by atoms with E-state index in [1.54, 1.807) is 13.2 Å². The molecule has 0 spiro atoms. The molecule has 2 aliphatic heterocycles. The zero-order valence-corrected chi connectivity index (χ0v) is 20.1. The maximum Gasteiger partial charge on any atom is 0.282 e. The van der Waals surface area contributed by atoms with E-state index in [1.807, 2.05) is 57.2 Å². The Balaban J connectivity index is 1.81. The van der Waals surface area contributed by atoms with Gasteiger partial charge in [-0.3, -0.25) is 9.59 Å². The Kier molecular flexibility index (Phi) is 6.45. The van der Waals surface area contributed by atoms with Gasteiger partial charge in [-0.05, 0) is 74.9 Å². The predicted octanol–water partition coefficient (Wildman–Crippen LogP) is 4.81. The van der Waals surface area contributed by atoms with Gasteiger partial charge in [-0.25, -0.2) is 4.90 Å². The van der Waals surface area contributed by atoms with Crippen molar-refractivity contribution >= 4 is 23.1 Å². The lowest BCUT2D eigenvalue weighted by Crippen LogP contribution is -2.39. The smallest absolute Gasteiger partial charge is 0.282 e. The number of carbonyl (C=O) groups is 2. The number of imide groups is 1. The Morgan fingerprint density at radius 2 is 1.76 bits per heavy atom. The molecule has 1 saturated heterocycles. The minimum atomic E-state index is -0.324. The number of benzene rings is 2. The number of nitrogens with zero attached hydrogens (tertiary/aromatic N) is 2. The largest absolute Gasteiger partial charge is 0.495 e. The van der Waals surface area contributed by atoms with Gasteiger partial charge < -0.3 is 14.4 Å². The Morgan fingerprint density at radius 3 is 2.39 bits per heavy atom. The number of aryl methyl sites for hydroxylation is 1. The van der Waals surface area contributed by atoms with Crippen LogP contribution in [0.25, 0.3) is 5.57 Å². The van der Waals surface area contributed by atoms with E-state index in [9.17, 15) is 9.59 Å². The van der Waals surface area contributed by atoms with Gasteiger partial charge in [0.2, 0.25) is 0 Å². The van der Waals surface area contributed by atoms with Crippen molar-refractivity contribution in [1.29, 1.82) is 0 Å². The summed E-state index contributed by atoms with van der Waals surface area (Å²) < 4.78 is 11.3. The van der Waals surface area contributed by atoms with Crippen LogP contribution in [0.3, 0.4) is 0 Å². The molecule has 0 N–H and O–H groups in total. The first-order chi connectivity index (χ1) is 15.8. The number of ether oxygens (including phenoxy) is 2. The summed E-state index contributed by atoms with van der Waals surface area (Å²) in [6, 6.07) is 13.0. The predicted molar refractivity (Wildman–Crippen MR) is 129 cm³/mol. The van der Waals surface area contributed by atoms with Crippen molar-refractivity contribution in [2.75, 3.05) is 25.1 Å². The second-order valence-electron chi connectivity index (χ2n) is 9.23. The minimum Gasteiger partial charge on any atom is -0.495 e. The van der Waals surface area contributed by atoms with Crippen molar-refractivity contribution in [3.8, 4) is 11.5 Å². The van der Waals surface area contributed by atoms with E-state index in [0.29, 0.717) is 34.2 Å². The van der Waals surface area contributed by atoms with Gasteiger partial charge in [0.1, 0.15) is 17.2 Å². The van der Waals surface area contributed by atoms with Crippen LogP contribution in [0.5, 0.6) is 11.5 Å². The molecule has 1 atom stereocenters. The van der Waals surface area contributed by atoms with E-state index >= 15 is 0 Å². The third-order valence-electron chi connectivity index (χ3n) is 6.12. The summed E-state index contributed by atoms with van der Waals surface area (Å²) in [4.78, 5) is 31.0. The van der Waals surface area contributed by atoms with E-state index in [2.05, 4.69) is 11.8 Å². The third kappa shape index (κ3) is 4.47. The molecule has 2 aromatic carbocycles. The third-order valence-corrected chi connectivity index (χ3v) is 6.12. The summed E-state index contributed by atoms with van der Waals surface area (Å²) in [7, 11) is 1.55. The van der Waals surface area contributed by atoms with E-state index in [-0.39, 0.29) is 17.9 Å². The fourth-order valence-corrected chi connectivity index (χ4v) is 4.63. The highest BCUT2D eigenvalue weighted by molar-refractivity contribution is 6.45. The number of carbonyl (C=O) groups excluding carboxylic acids is 2. The number of hydrogen-bond donors (Lipinski definition) is 0. The van der Waals surface area contributed by atoms with Gasteiger partial charge in [-0.1, -0.05) is 25.1 Å². The van der Waals surface area contributed by atoms with Crippen LogP contribution in [0.2, 0.25) is 0 Å². The van der Waals surface area contributed by atoms with E-state index in [0.717, 1.165) is 37.2 Å². The maximum absolute atomic E-state index is 13.8. The second kappa shape index (κ2) is 9.30. The maximum atomic E-state index is 13.8. The monoisotopic (exact) mass is 448 g/mol. The normalized spacial score (nSPS) is 19.0. The fourth-order valence-electron chi connectivity index (χ4n) is 4.63. The molecule has 0 aromatic heterocycles. The molecule has 174 valence electrons. The van der Waals surface area contributed by atoms with Gasteiger partial charge >= 0.3 is 0 Å². The van der Waals surface area contributed by atoms with Crippen LogP contribution < -0.4 is 14.4 Å². The highest BCUT2D eigenvalue weighted by Gasteiger charge is 2.44. The molecule has 6 nitrogen and oxygen atoms in total. The van der Waals surface area contributed by atoms with Crippen LogP contribution in [-0.2, 0) is 9.59 Å². The quantitative estimate of drug-likeness (QED) is 0.594. The molecule has 0 radical (unpaired) electrons. The van der Waals surface area contributed by atoms with Gasteiger partial charge in [0.25, 0.3) is 11.8 Å². The SMILES string of the molecule is COc1ccc(C)cc1N1C(=O)C(c2ccc(OC(C)C)cc2)=C(N2CCCC(C)C2)C1=O. The van der Waals surface area contributed by atoms with Crippen molar-refractivity contribution < 1.29 is 19.1 Å². The Bertz CT molecular complexity index is 1090. The average Bonchev–Trinajstić information content (AvgIpc) is 3.03. The fraction of sp³-hybridized carbons (Fsp3) is 0.407. The van der Waals surface area contributed by atoms with E-state index in [4.69, 9.17) is 9.47 Å². The zero-order valence-electron chi connectivity index (χ0n) is 20.1. The lowest BCUT2D eigenvalue weighted by molar-refractivity contribution is -0.120. The summed E-state index contributed by atoms with van der Waals surface area (Å²) in [5.41, 5.74) is 3.06. The first kappa shape index (κ1) is 22.9. The summed E-state index contributed by atoms with van der Waals surface area (Å²) in [5.74, 6) is 1.07. The van der Waals surface area contributed by atoms with Crippen molar-refractivity contribution in [3.05, 3.63) is 59.3 Å². The topological polar surface area (TPSA) is 59.1 Å². The van der Waals surface area contributed by atoms with Crippen LogP contribution in [-0.4, -0.2) is 43.0 Å². The van der Waals surface area contributed by atoms with Crippen molar-refractivity contribution in [2.24, 2.45) is 5.92 Å². The summed E-state index contributed by atoms with van der Waals surface area (Å²) in [5, 5.41) is 0. The first-order valence-electron chi connectivity index (χ1n) is 11.6. The molecule has 1 unspecified atom stereocenters. The summed E-state index contributed by atoms with van der Waals surface area (Å²) in [6.07, 6.45) is 2.17. The van der Waals surface area contributed by atoms with Crippen LogP contribution in [0.4, 0.5) is 5.69 Å². The van der Waals surface area contributed by atoms with Gasteiger partial charge in [-0.2, -0.15) is 0 Å². The summed E-state index contributed by atoms with van der Waals surface area (Å²) >= 11 is 0. The molecule has 33 heavy (non-hydrogen) atoms. The van der Waals surface area contributed by atoms with E-state index in [1.165, 1.54) is 4.90 Å². The lowest BCUT2D eigenvalue weighted by Gasteiger charge is -2.33. The number of likely N-dealkylation sites (tertiary alicyclic amines) is 1. The number of hydrogen-bond acceptors (Lipinski definition) is 5. The molecule has 6 heteroatoms. The molecule has 4 rings (SSSR count). The Labute approximate surface area is 195 Å². The van der Waals surface area contributed by atoms with Crippen LogP contribution in [0.15, 0.2) is 48.2 Å². The molecular weight excluding hydrogens is 416 g/mol. The number of anilines is 1. The number of rotatable bonds is 6. The van der Waals surface area contributed by atoms with Gasteiger partial charge in [-0.15, -0.1) is 0 Å². The highest BCUT2D eigenvalue weighted by atomic mass is 16.5. The molecule has 0 aliphatic carbocycles. The average molecular weight is 449 g/mol. The van der Waals surface area contributed by atoms with Crippen LogP contribution in [0, 0.1) is 12.8 Å². The highest BCUT2D eigenvalue weighted by Crippen LogP contribution is 2.40. The molecule has 2 aromatic rings. The molecular formula is C27H32N2O4.